The molecule has 2 heterocycles. The molecule has 0 spiro atoms. The molecule has 1 atom stereocenters. The minimum absolute atomic E-state index is 0. The number of hydrogen-bond donors (Lipinski definition) is 3. The van der Waals surface area contributed by atoms with Crippen LogP contribution in [-0.4, -0.2) is 51.7 Å². The molecule has 1 saturated heterocycles. The number of aromatic nitrogens is 3. The van der Waals surface area contributed by atoms with E-state index in [1.807, 2.05) is 0 Å². The van der Waals surface area contributed by atoms with Crippen molar-refractivity contribution in [3.05, 3.63) is 11.9 Å². The number of amides is 1. The lowest BCUT2D eigenvalue weighted by molar-refractivity contribution is 0.0836. The summed E-state index contributed by atoms with van der Waals surface area (Å²) in [6.45, 7) is 2.24. The van der Waals surface area contributed by atoms with Crippen LogP contribution < -0.4 is 10.6 Å². The molecular weight excluding hydrogens is 318 g/mol. The van der Waals surface area contributed by atoms with E-state index in [1.54, 1.807) is 10.9 Å². The van der Waals surface area contributed by atoms with Crippen molar-refractivity contribution in [2.45, 2.75) is 50.7 Å². The third-order valence-electron chi connectivity index (χ3n) is 4.84. The minimum atomic E-state index is -0.453. The second kappa shape index (κ2) is 8.61. The third kappa shape index (κ3) is 4.65. The number of hydrogen-bond acceptors (Lipinski definition) is 5. The van der Waals surface area contributed by atoms with Crippen molar-refractivity contribution < 1.29 is 9.90 Å². The Bertz CT molecular complexity index is 498. The van der Waals surface area contributed by atoms with Gasteiger partial charge in [0.1, 0.15) is 0 Å². The lowest BCUT2D eigenvalue weighted by Gasteiger charge is -2.22. The quantitative estimate of drug-likeness (QED) is 0.739. The third-order valence-corrected chi connectivity index (χ3v) is 4.84. The highest BCUT2D eigenvalue weighted by Crippen LogP contribution is 2.27. The van der Waals surface area contributed by atoms with Crippen LogP contribution in [-0.2, 0) is 0 Å². The van der Waals surface area contributed by atoms with E-state index in [1.165, 1.54) is 12.8 Å². The second-order valence-corrected chi connectivity index (χ2v) is 6.39. The maximum absolute atomic E-state index is 12.1. The Morgan fingerprint density at radius 3 is 2.74 bits per heavy atom. The number of aliphatic hydroxyl groups excluding tert-OH is 1. The number of aliphatic hydroxyl groups is 1. The molecule has 1 aliphatic heterocycles. The SMILES string of the molecule is Cl.O=C(NCC(O)C1CCCC1)c1cn(C2CCNCC2)nn1. The average molecular weight is 344 g/mol. The molecule has 2 aliphatic rings. The number of nitrogens with one attached hydrogen (secondary N) is 2. The summed E-state index contributed by atoms with van der Waals surface area (Å²) >= 11 is 0. The van der Waals surface area contributed by atoms with Crippen molar-refractivity contribution in [3.8, 4) is 0 Å². The van der Waals surface area contributed by atoms with Gasteiger partial charge in [-0.25, -0.2) is 4.68 Å². The van der Waals surface area contributed by atoms with E-state index >= 15 is 0 Å². The summed E-state index contributed by atoms with van der Waals surface area (Å²) < 4.78 is 1.79. The number of nitrogens with zero attached hydrogens (tertiary/aromatic N) is 3. The predicted molar refractivity (Wildman–Crippen MR) is 88.7 cm³/mol. The van der Waals surface area contributed by atoms with Crippen molar-refractivity contribution in [2.24, 2.45) is 5.92 Å². The first-order valence-corrected chi connectivity index (χ1v) is 8.33. The lowest BCUT2D eigenvalue weighted by atomic mass is 10.0. The zero-order valence-electron chi connectivity index (χ0n) is 13.3. The van der Waals surface area contributed by atoms with E-state index in [-0.39, 0.29) is 18.3 Å². The molecule has 7 nitrogen and oxygen atoms in total. The Balaban J connectivity index is 0.00000192. The molecule has 0 radical (unpaired) electrons. The molecular formula is C15H26ClN5O2. The zero-order valence-corrected chi connectivity index (χ0v) is 14.1. The van der Waals surface area contributed by atoms with Crippen molar-refractivity contribution in [3.63, 3.8) is 0 Å². The van der Waals surface area contributed by atoms with Gasteiger partial charge in [-0.15, -0.1) is 17.5 Å². The van der Waals surface area contributed by atoms with Gasteiger partial charge in [0, 0.05) is 6.54 Å². The summed E-state index contributed by atoms with van der Waals surface area (Å²) in [7, 11) is 0. The Labute approximate surface area is 142 Å². The van der Waals surface area contributed by atoms with E-state index in [9.17, 15) is 9.90 Å². The minimum Gasteiger partial charge on any atom is -0.391 e. The van der Waals surface area contributed by atoms with Crippen molar-refractivity contribution in [1.29, 1.82) is 0 Å². The van der Waals surface area contributed by atoms with Crippen LogP contribution in [0.4, 0.5) is 0 Å². The molecule has 130 valence electrons. The van der Waals surface area contributed by atoms with E-state index in [2.05, 4.69) is 20.9 Å². The lowest BCUT2D eigenvalue weighted by Crippen LogP contribution is -2.35. The molecule has 1 aliphatic carbocycles. The highest BCUT2D eigenvalue weighted by molar-refractivity contribution is 5.91. The van der Waals surface area contributed by atoms with Gasteiger partial charge in [-0.05, 0) is 44.7 Å². The van der Waals surface area contributed by atoms with Crippen LogP contribution in [0.2, 0.25) is 0 Å². The van der Waals surface area contributed by atoms with E-state index in [4.69, 9.17) is 0 Å². The Kier molecular flexibility index (Phi) is 6.80. The van der Waals surface area contributed by atoms with Gasteiger partial charge in [0.05, 0.1) is 18.3 Å². The topological polar surface area (TPSA) is 92.1 Å². The van der Waals surface area contributed by atoms with Crippen LogP contribution in [0.5, 0.6) is 0 Å². The van der Waals surface area contributed by atoms with Gasteiger partial charge < -0.3 is 15.7 Å². The molecule has 1 unspecified atom stereocenters. The summed E-state index contributed by atoms with van der Waals surface area (Å²) in [6.07, 6.45) is 7.75. The second-order valence-electron chi connectivity index (χ2n) is 6.39. The van der Waals surface area contributed by atoms with E-state index in [0.29, 0.717) is 24.2 Å². The summed E-state index contributed by atoms with van der Waals surface area (Å²) in [5.41, 5.74) is 0.331. The first kappa shape index (κ1) is 18.2. The molecule has 1 aromatic rings. The monoisotopic (exact) mass is 343 g/mol. The number of rotatable bonds is 5. The number of carbonyl (C=O) groups excluding carboxylic acids is 1. The van der Waals surface area contributed by atoms with Crippen molar-refractivity contribution in [1.82, 2.24) is 25.6 Å². The molecule has 3 N–H and O–H groups in total. The van der Waals surface area contributed by atoms with Gasteiger partial charge in [-0.1, -0.05) is 18.1 Å². The largest absolute Gasteiger partial charge is 0.391 e. The summed E-state index contributed by atoms with van der Waals surface area (Å²) in [4.78, 5) is 12.1. The van der Waals surface area contributed by atoms with Crippen LogP contribution in [0.3, 0.4) is 0 Å². The normalized spacial score (nSPS) is 20.9. The van der Waals surface area contributed by atoms with Gasteiger partial charge in [0.25, 0.3) is 5.91 Å². The van der Waals surface area contributed by atoms with Crippen LogP contribution in [0.25, 0.3) is 0 Å². The van der Waals surface area contributed by atoms with Gasteiger partial charge in [-0.3, -0.25) is 4.79 Å². The smallest absolute Gasteiger partial charge is 0.273 e. The van der Waals surface area contributed by atoms with Gasteiger partial charge >= 0.3 is 0 Å². The zero-order chi connectivity index (χ0) is 15.4. The van der Waals surface area contributed by atoms with Gasteiger partial charge in [0.15, 0.2) is 5.69 Å². The highest BCUT2D eigenvalue weighted by atomic mass is 35.5. The molecule has 3 rings (SSSR count). The van der Waals surface area contributed by atoms with Crippen LogP contribution >= 0.6 is 12.4 Å². The highest BCUT2D eigenvalue weighted by Gasteiger charge is 2.24. The standard InChI is InChI=1S/C15H25N5O2.ClH/c21-14(11-3-1-2-4-11)9-17-15(22)13-10-20(19-18-13)12-5-7-16-8-6-12;/h10-12,14,16,21H,1-9H2,(H,17,22);1H. The summed E-state index contributed by atoms with van der Waals surface area (Å²) in [6, 6.07) is 0.319. The Morgan fingerprint density at radius 2 is 2.04 bits per heavy atom. The summed E-state index contributed by atoms with van der Waals surface area (Å²) in [5, 5.41) is 24.2. The first-order chi connectivity index (χ1) is 10.7. The Hall–Kier alpha value is -1.18. The molecule has 2 fully saturated rings. The van der Waals surface area contributed by atoms with E-state index < -0.39 is 6.10 Å². The number of piperidine rings is 1. The molecule has 1 amide bonds. The predicted octanol–water partition coefficient (Wildman–Crippen LogP) is 0.905. The maximum atomic E-state index is 12.1. The fourth-order valence-corrected chi connectivity index (χ4v) is 3.43. The van der Waals surface area contributed by atoms with Gasteiger partial charge in [-0.2, -0.15) is 0 Å². The molecule has 1 saturated carbocycles. The van der Waals surface area contributed by atoms with Gasteiger partial charge in [0.2, 0.25) is 0 Å². The molecule has 0 aromatic carbocycles. The summed E-state index contributed by atoms with van der Waals surface area (Å²) in [5.74, 6) is 0.0722. The fraction of sp³-hybridized carbons (Fsp3) is 0.800. The Morgan fingerprint density at radius 1 is 1.35 bits per heavy atom. The first-order valence-electron chi connectivity index (χ1n) is 8.33. The number of halogens is 1. The van der Waals surface area contributed by atoms with Crippen molar-refractivity contribution >= 4 is 18.3 Å². The molecule has 0 bridgehead atoms. The fourth-order valence-electron chi connectivity index (χ4n) is 3.43. The molecule has 23 heavy (non-hydrogen) atoms. The molecule has 8 heteroatoms. The molecule has 1 aromatic heterocycles. The van der Waals surface area contributed by atoms with Crippen LogP contribution in [0.1, 0.15) is 55.1 Å². The number of carbonyl (C=O) groups is 1. The maximum Gasteiger partial charge on any atom is 0.273 e. The van der Waals surface area contributed by atoms with Crippen LogP contribution in [0.15, 0.2) is 6.20 Å². The van der Waals surface area contributed by atoms with Crippen LogP contribution in [0, 0.1) is 5.92 Å². The van der Waals surface area contributed by atoms with Crippen molar-refractivity contribution in [2.75, 3.05) is 19.6 Å². The van der Waals surface area contributed by atoms with E-state index in [0.717, 1.165) is 38.8 Å². The average Bonchev–Trinajstić information content (AvgIpc) is 3.24.